The summed E-state index contributed by atoms with van der Waals surface area (Å²) in [6, 6.07) is -1.39. The fourth-order valence-electron chi connectivity index (χ4n) is 0.693. The summed E-state index contributed by atoms with van der Waals surface area (Å²) < 4.78 is 0. The number of primary amides is 1. The Morgan fingerprint density at radius 3 is 1.85 bits per heavy atom. The number of carboxylic acid groups (broad SMARTS) is 2. The Balaban J connectivity index is 4.35. The number of hydrogen-bond acceptors (Lipinski definition) is 4. The summed E-state index contributed by atoms with van der Waals surface area (Å²) in [4.78, 5) is 31.1. The number of rotatable bonds is 5. The zero-order valence-electron chi connectivity index (χ0n) is 6.64. The van der Waals surface area contributed by atoms with Crippen LogP contribution in [0.15, 0.2) is 0 Å². The van der Waals surface area contributed by atoms with Crippen LogP contribution in [0.3, 0.4) is 0 Å². The van der Waals surface area contributed by atoms with Crippen molar-refractivity contribution in [2.24, 2.45) is 17.4 Å². The van der Waals surface area contributed by atoms with E-state index in [9.17, 15) is 14.4 Å². The van der Waals surface area contributed by atoms with E-state index in [2.05, 4.69) is 0 Å². The Morgan fingerprint density at radius 1 is 1.15 bits per heavy atom. The summed E-state index contributed by atoms with van der Waals surface area (Å²) in [6.07, 6.45) is -0.500. The second-order valence-corrected chi connectivity index (χ2v) is 2.47. The molecule has 13 heavy (non-hydrogen) atoms. The molecule has 0 aromatic rings. The number of amides is 1. The van der Waals surface area contributed by atoms with E-state index in [0.717, 1.165) is 0 Å². The molecule has 0 aromatic carbocycles. The molecule has 0 spiro atoms. The Kier molecular flexibility index (Phi) is 3.86. The van der Waals surface area contributed by atoms with E-state index in [1.165, 1.54) is 0 Å². The largest absolute Gasteiger partial charge is 0.481 e. The monoisotopic (exact) mass is 190 g/mol. The first-order valence-electron chi connectivity index (χ1n) is 3.36. The van der Waals surface area contributed by atoms with E-state index in [0.29, 0.717) is 0 Å². The number of carbonyl (C=O) groups is 3. The van der Waals surface area contributed by atoms with Gasteiger partial charge >= 0.3 is 11.9 Å². The number of carbonyl (C=O) groups excluding carboxylic acids is 1. The highest BCUT2D eigenvalue weighted by Gasteiger charge is 2.28. The summed E-state index contributed by atoms with van der Waals surface area (Å²) in [5.41, 5.74) is 9.74. The van der Waals surface area contributed by atoms with Crippen LogP contribution in [-0.2, 0) is 14.4 Å². The average Bonchev–Trinajstić information content (AvgIpc) is 1.97. The molecule has 7 nitrogen and oxygen atoms in total. The Morgan fingerprint density at radius 2 is 1.62 bits per heavy atom. The van der Waals surface area contributed by atoms with Crippen molar-refractivity contribution in [1.82, 2.24) is 0 Å². The van der Waals surface area contributed by atoms with Crippen LogP contribution in [0.25, 0.3) is 0 Å². The molecule has 0 saturated heterocycles. The highest BCUT2D eigenvalue weighted by atomic mass is 16.4. The molecule has 1 amide bonds. The molecular formula is C6H10N2O5. The molecule has 0 aromatic heterocycles. The van der Waals surface area contributed by atoms with Gasteiger partial charge in [0, 0.05) is 0 Å². The van der Waals surface area contributed by atoms with Gasteiger partial charge in [0.05, 0.1) is 0 Å². The smallest absolute Gasteiger partial charge is 0.320 e. The van der Waals surface area contributed by atoms with Crippen LogP contribution < -0.4 is 11.5 Å². The maximum Gasteiger partial charge on any atom is 0.320 e. The minimum Gasteiger partial charge on any atom is -0.481 e. The molecule has 7 heteroatoms. The van der Waals surface area contributed by atoms with Gasteiger partial charge in [-0.05, 0) is 6.42 Å². The van der Waals surface area contributed by atoms with E-state index >= 15 is 0 Å². The van der Waals surface area contributed by atoms with Gasteiger partial charge < -0.3 is 21.7 Å². The minimum absolute atomic E-state index is 0.500. The van der Waals surface area contributed by atoms with Crippen molar-refractivity contribution >= 4 is 17.8 Å². The lowest BCUT2D eigenvalue weighted by atomic mass is 10.00. The van der Waals surface area contributed by atoms with E-state index in [4.69, 9.17) is 21.7 Å². The number of nitrogens with two attached hydrogens (primary N) is 2. The van der Waals surface area contributed by atoms with Gasteiger partial charge in [-0.25, -0.2) is 0 Å². The van der Waals surface area contributed by atoms with Crippen molar-refractivity contribution in [2.75, 3.05) is 0 Å². The second-order valence-electron chi connectivity index (χ2n) is 2.47. The molecule has 0 radical (unpaired) electrons. The van der Waals surface area contributed by atoms with Gasteiger partial charge in [-0.15, -0.1) is 0 Å². The van der Waals surface area contributed by atoms with Gasteiger partial charge in [0.15, 0.2) is 0 Å². The molecule has 2 atom stereocenters. The van der Waals surface area contributed by atoms with Gasteiger partial charge in [0.2, 0.25) is 5.91 Å². The maximum atomic E-state index is 10.5. The van der Waals surface area contributed by atoms with Crippen molar-refractivity contribution in [3.05, 3.63) is 0 Å². The lowest BCUT2D eigenvalue weighted by Gasteiger charge is -2.10. The van der Waals surface area contributed by atoms with Crippen molar-refractivity contribution in [3.63, 3.8) is 0 Å². The summed E-state index contributed by atoms with van der Waals surface area (Å²) >= 11 is 0. The third kappa shape index (κ3) is 3.52. The first-order valence-corrected chi connectivity index (χ1v) is 3.36. The van der Waals surface area contributed by atoms with Gasteiger partial charge in [0.25, 0.3) is 0 Å². The fraction of sp³-hybridized carbons (Fsp3) is 0.500. The van der Waals surface area contributed by atoms with Crippen molar-refractivity contribution in [2.45, 2.75) is 12.5 Å². The van der Waals surface area contributed by atoms with Gasteiger partial charge in [0.1, 0.15) is 12.0 Å². The molecule has 74 valence electrons. The van der Waals surface area contributed by atoms with Crippen LogP contribution in [0.2, 0.25) is 0 Å². The molecule has 0 aliphatic rings. The minimum atomic E-state index is -1.55. The van der Waals surface area contributed by atoms with Crippen LogP contribution in [0.1, 0.15) is 6.42 Å². The summed E-state index contributed by atoms with van der Waals surface area (Å²) in [6.45, 7) is 0. The Hall–Kier alpha value is -1.63. The number of hydrogen-bond donors (Lipinski definition) is 4. The predicted octanol–water partition coefficient (Wildman–Crippen LogP) is -2.03. The molecule has 0 bridgehead atoms. The molecule has 0 heterocycles. The molecule has 0 rings (SSSR count). The third-order valence-corrected chi connectivity index (χ3v) is 1.45. The van der Waals surface area contributed by atoms with Crippen molar-refractivity contribution in [1.29, 1.82) is 0 Å². The molecule has 0 saturated carbocycles. The fourth-order valence-corrected chi connectivity index (χ4v) is 0.693. The van der Waals surface area contributed by atoms with Crippen LogP contribution in [-0.4, -0.2) is 34.1 Å². The van der Waals surface area contributed by atoms with Crippen molar-refractivity contribution in [3.8, 4) is 0 Å². The highest BCUT2D eigenvalue weighted by Crippen LogP contribution is 2.05. The molecule has 0 aliphatic carbocycles. The van der Waals surface area contributed by atoms with E-state index in [1.54, 1.807) is 0 Å². The van der Waals surface area contributed by atoms with Gasteiger partial charge in [-0.3, -0.25) is 14.4 Å². The zero-order valence-corrected chi connectivity index (χ0v) is 6.64. The van der Waals surface area contributed by atoms with E-state index in [-0.39, 0.29) is 0 Å². The molecular weight excluding hydrogens is 180 g/mol. The molecule has 0 aliphatic heterocycles. The number of carboxylic acids is 2. The first kappa shape index (κ1) is 11.4. The normalized spacial score (nSPS) is 14.5. The van der Waals surface area contributed by atoms with E-state index in [1.807, 2.05) is 0 Å². The SMILES string of the molecule is NC(=O)[C@@H](C[C@H](N)C(=O)O)C(=O)O. The van der Waals surface area contributed by atoms with Crippen LogP contribution in [0, 0.1) is 5.92 Å². The zero-order chi connectivity index (χ0) is 10.6. The lowest BCUT2D eigenvalue weighted by molar-refractivity contribution is -0.147. The summed E-state index contributed by atoms with van der Waals surface area (Å²) in [5.74, 6) is -5.48. The summed E-state index contributed by atoms with van der Waals surface area (Å²) in [7, 11) is 0. The van der Waals surface area contributed by atoms with Gasteiger partial charge in [-0.2, -0.15) is 0 Å². The Bertz CT molecular complexity index is 225. The van der Waals surface area contributed by atoms with E-state index < -0.39 is 36.2 Å². The third-order valence-electron chi connectivity index (χ3n) is 1.45. The topological polar surface area (TPSA) is 144 Å². The van der Waals surface area contributed by atoms with Crippen LogP contribution >= 0.6 is 0 Å². The number of aliphatic carboxylic acids is 2. The second kappa shape index (κ2) is 4.41. The quantitative estimate of drug-likeness (QED) is 0.368. The summed E-state index contributed by atoms with van der Waals surface area (Å²) in [5, 5.41) is 16.7. The lowest BCUT2D eigenvalue weighted by Crippen LogP contribution is -2.39. The van der Waals surface area contributed by atoms with Crippen LogP contribution in [0.4, 0.5) is 0 Å². The van der Waals surface area contributed by atoms with Crippen molar-refractivity contribution < 1.29 is 24.6 Å². The molecule has 0 fully saturated rings. The molecule has 0 unspecified atom stereocenters. The first-order chi connectivity index (χ1) is 5.86. The van der Waals surface area contributed by atoms with Gasteiger partial charge in [-0.1, -0.05) is 0 Å². The standard InChI is InChI=1S/C6H10N2O5/c7-3(6(12)13)1-2(4(8)9)5(10)11/h2-3H,1,7H2,(H2,8,9)(H,10,11)(H,12,13)/t2-,3+/m1/s1. The average molecular weight is 190 g/mol. The molecule has 6 N–H and O–H groups in total. The maximum absolute atomic E-state index is 10.5. The Labute approximate surface area is 73.3 Å². The predicted molar refractivity (Wildman–Crippen MR) is 40.5 cm³/mol. The highest BCUT2D eigenvalue weighted by molar-refractivity contribution is 5.96. The van der Waals surface area contributed by atoms with Crippen LogP contribution in [0.5, 0.6) is 0 Å².